The Hall–Kier alpha value is -1.51. The molecule has 0 bridgehead atoms. The summed E-state index contributed by atoms with van der Waals surface area (Å²) in [5.41, 5.74) is 2.50. The van der Waals surface area contributed by atoms with Gasteiger partial charge in [0, 0.05) is 31.2 Å². The van der Waals surface area contributed by atoms with Gasteiger partial charge in [-0.25, -0.2) is 0 Å². The highest BCUT2D eigenvalue weighted by atomic mass is 16.2. The number of hydrogen-bond donors (Lipinski definition) is 1. The van der Waals surface area contributed by atoms with Crippen molar-refractivity contribution in [3.63, 3.8) is 0 Å². The molecular formula is C17H24N2O. The number of anilines is 1. The fourth-order valence-corrected chi connectivity index (χ4v) is 2.93. The van der Waals surface area contributed by atoms with Crippen molar-refractivity contribution in [2.45, 2.75) is 39.2 Å². The maximum atomic E-state index is 11.6. The topological polar surface area (TPSA) is 32.3 Å². The standard InChI is InChI=1S/C17H24N2O/c1-13-3-2-10-19(12-13)16-8-4-14(5-9-16)11-18-17(20)15-6-7-15/h4-5,8-9,13,15H,2-3,6-7,10-12H2,1H3,(H,18,20). The van der Waals surface area contributed by atoms with Crippen LogP contribution in [-0.4, -0.2) is 19.0 Å². The normalized spacial score (nSPS) is 22.6. The van der Waals surface area contributed by atoms with Gasteiger partial charge in [-0.05, 0) is 49.3 Å². The average molecular weight is 272 g/mol. The molecule has 1 saturated carbocycles. The largest absolute Gasteiger partial charge is 0.371 e. The summed E-state index contributed by atoms with van der Waals surface area (Å²) in [5.74, 6) is 1.31. The molecule has 1 aliphatic carbocycles. The SMILES string of the molecule is CC1CCCN(c2ccc(CNC(=O)C3CC3)cc2)C1. The van der Waals surface area contributed by atoms with Crippen LogP contribution >= 0.6 is 0 Å². The molecule has 1 amide bonds. The number of amides is 1. The van der Waals surface area contributed by atoms with Crippen LogP contribution < -0.4 is 10.2 Å². The Kier molecular flexibility index (Phi) is 3.95. The monoisotopic (exact) mass is 272 g/mol. The number of hydrogen-bond acceptors (Lipinski definition) is 2. The van der Waals surface area contributed by atoms with Crippen LogP contribution in [0.25, 0.3) is 0 Å². The molecule has 3 rings (SSSR count). The van der Waals surface area contributed by atoms with Gasteiger partial charge in [0.1, 0.15) is 0 Å². The van der Waals surface area contributed by atoms with E-state index in [9.17, 15) is 4.79 Å². The third-order valence-electron chi connectivity index (χ3n) is 4.37. The van der Waals surface area contributed by atoms with E-state index in [-0.39, 0.29) is 5.91 Å². The van der Waals surface area contributed by atoms with Crippen molar-refractivity contribution in [2.24, 2.45) is 11.8 Å². The summed E-state index contributed by atoms with van der Waals surface area (Å²) in [6.45, 7) is 5.32. The van der Waals surface area contributed by atoms with Gasteiger partial charge in [-0.15, -0.1) is 0 Å². The predicted molar refractivity (Wildman–Crippen MR) is 81.6 cm³/mol. The molecule has 3 heteroatoms. The highest BCUT2D eigenvalue weighted by Gasteiger charge is 2.29. The van der Waals surface area contributed by atoms with E-state index in [4.69, 9.17) is 0 Å². The molecule has 0 radical (unpaired) electrons. The minimum Gasteiger partial charge on any atom is -0.371 e. The van der Waals surface area contributed by atoms with Crippen molar-refractivity contribution in [3.05, 3.63) is 29.8 Å². The fourth-order valence-electron chi connectivity index (χ4n) is 2.93. The number of nitrogens with one attached hydrogen (secondary N) is 1. The maximum Gasteiger partial charge on any atom is 0.223 e. The average Bonchev–Trinajstić information content (AvgIpc) is 3.30. The lowest BCUT2D eigenvalue weighted by atomic mass is 9.99. The van der Waals surface area contributed by atoms with Gasteiger partial charge in [0.2, 0.25) is 5.91 Å². The summed E-state index contributed by atoms with van der Waals surface area (Å²) in [4.78, 5) is 14.1. The highest BCUT2D eigenvalue weighted by Crippen LogP contribution is 2.29. The van der Waals surface area contributed by atoms with Crippen LogP contribution in [0.5, 0.6) is 0 Å². The second-order valence-corrected chi connectivity index (χ2v) is 6.35. The van der Waals surface area contributed by atoms with Gasteiger partial charge in [0.15, 0.2) is 0 Å². The lowest BCUT2D eigenvalue weighted by Gasteiger charge is -2.32. The molecule has 1 aromatic rings. The summed E-state index contributed by atoms with van der Waals surface area (Å²) in [6, 6.07) is 8.66. The predicted octanol–water partition coefficient (Wildman–Crippen LogP) is 2.95. The molecule has 2 aliphatic rings. The van der Waals surface area contributed by atoms with Crippen molar-refractivity contribution in [2.75, 3.05) is 18.0 Å². The first-order chi connectivity index (χ1) is 9.72. The first-order valence-electron chi connectivity index (χ1n) is 7.84. The zero-order valence-corrected chi connectivity index (χ0v) is 12.3. The molecule has 0 spiro atoms. The Labute approximate surface area is 121 Å². The van der Waals surface area contributed by atoms with Gasteiger partial charge in [-0.3, -0.25) is 4.79 Å². The summed E-state index contributed by atoms with van der Waals surface area (Å²) in [6.07, 6.45) is 4.78. The molecule has 20 heavy (non-hydrogen) atoms. The molecule has 1 unspecified atom stereocenters. The molecular weight excluding hydrogens is 248 g/mol. The third kappa shape index (κ3) is 3.33. The van der Waals surface area contributed by atoms with Crippen LogP contribution in [0.15, 0.2) is 24.3 Å². The number of rotatable bonds is 4. The summed E-state index contributed by atoms with van der Waals surface area (Å²) in [5, 5.41) is 3.01. The van der Waals surface area contributed by atoms with E-state index in [2.05, 4.69) is 41.4 Å². The molecule has 1 atom stereocenters. The van der Waals surface area contributed by atoms with E-state index in [1.165, 1.54) is 30.6 Å². The minimum atomic E-state index is 0.221. The van der Waals surface area contributed by atoms with Crippen molar-refractivity contribution >= 4 is 11.6 Å². The van der Waals surface area contributed by atoms with E-state index in [1.807, 2.05) is 0 Å². The zero-order valence-electron chi connectivity index (χ0n) is 12.3. The lowest BCUT2D eigenvalue weighted by Crippen LogP contribution is -2.34. The van der Waals surface area contributed by atoms with Crippen LogP contribution in [0.1, 0.15) is 38.2 Å². The second-order valence-electron chi connectivity index (χ2n) is 6.35. The van der Waals surface area contributed by atoms with Crippen LogP contribution in [0.4, 0.5) is 5.69 Å². The maximum absolute atomic E-state index is 11.6. The number of nitrogens with zero attached hydrogens (tertiary/aromatic N) is 1. The zero-order chi connectivity index (χ0) is 13.9. The van der Waals surface area contributed by atoms with Gasteiger partial charge in [-0.1, -0.05) is 19.1 Å². The molecule has 1 aromatic carbocycles. The number of carbonyl (C=O) groups is 1. The highest BCUT2D eigenvalue weighted by molar-refractivity contribution is 5.80. The molecule has 0 aromatic heterocycles. The quantitative estimate of drug-likeness (QED) is 0.914. The molecule has 108 valence electrons. The molecule has 1 aliphatic heterocycles. The van der Waals surface area contributed by atoms with E-state index < -0.39 is 0 Å². The number of benzene rings is 1. The van der Waals surface area contributed by atoms with Crippen molar-refractivity contribution in [1.29, 1.82) is 0 Å². The Morgan fingerprint density at radius 2 is 2.00 bits per heavy atom. The summed E-state index contributed by atoms with van der Waals surface area (Å²) < 4.78 is 0. The smallest absolute Gasteiger partial charge is 0.223 e. The third-order valence-corrected chi connectivity index (χ3v) is 4.37. The van der Waals surface area contributed by atoms with E-state index in [0.717, 1.165) is 25.3 Å². The molecule has 3 nitrogen and oxygen atoms in total. The van der Waals surface area contributed by atoms with E-state index in [1.54, 1.807) is 0 Å². The Bertz CT molecular complexity index is 464. The van der Waals surface area contributed by atoms with Crippen molar-refractivity contribution in [3.8, 4) is 0 Å². The first kappa shape index (κ1) is 13.5. The Morgan fingerprint density at radius 1 is 1.25 bits per heavy atom. The molecule has 1 N–H and O–H groups in total. The Morgan fingerprint density at radius 3 is 2.65 bits per heavy atom. The first-order valence-corrected chi connectivity index (χ1v) is 7.84. The lowest BCUT2D eigenvalue weighted by molar-refractivity contribution is -0.122. The van der Waals surface area contributed by atoms with Crippen LogP contribution in [0.2, 0.25) is 0 Å². The van der Waals surface area contributed by atoms with Crippen LogP contribution in [0, 0.1) is 11.8 Å². The van der Waals surface area contributed by atoms with Gasteiger partial charge in [-0.2, -0.15) is 0 Å². The molecule has 1 saturated heterocycles. The minimum absolute atomic E-state index is 0.221. The summed E-state index contributed by atoms with van der Waals surface area (Å²) >= 11 is 0. The molecule has 1 heterocycles. The van der Waals surface area contributed by atoms with Gasteiger partial charge in [0.25, 0.3) is 0 Å². The second kappa shape index (κ2) is 5.86. The van der Waals surface area contributed by atoms with Gasteiger partial charge < -0.3 is 10.2 Å². The van der Waals surface area contributed by atoms with E-state index >= 15 is 0 Å². The number of piperidine rings is 1. The summed E-state index contributed by atoms with van der Waals surface area (Å²) in [7, 11) is 0. The van der Waals surface area contributed by atoms with Crippen LogP contribution in [0.3, 0.4) is 0 Å². The van der Waals surface area contributed by atoms with Gasteiger partial charge >= 0.3 is 0 Å². The molecule has 2 fully saturated rings. The Balaban J connectivity index is 1.55. The van der Waals surface area contributed by atoms with Crippen molar-refractivity contribution in [1.82, 2.24) is 5.32 Å². The van der Waals surface area contributed by atoms with Crippen LogP contribution in [-0.2, 0) is 11.3 Å². The van der Waals surface area contributed by atoms with Gasteiger partial charge in [0.05, 0.1) is 0 Å². The number of carbonyl (C=O) groups excluding carboxylic acids is 1. The fraction of sp³-hybridized carbons (Fsp3) is 0.588. The van der Waals surface area contributed by atoms with E-state index in [0.29, 0.717) is 12.5 Å². The van der Waals surface area contributed by atoms with Crippen molar-refractivity contribution < 1.29 is 4.79 Å².